The van der Waals surface area contributed by atoms with Crippen LogP contribution in [0, 0.1) is 0 Å². The lowest BCUT2D eigenvalue weighted by Gasteiger charge is -2.31. The van der Waals surface area contributed by atoms with Gasteiger partial charge < -0.3 is 9.80 Å². The average molecular weight is 685 g/mol. The van der Waals surface area contributed by atoms with Gasteiger partial charge in [0.1, 0.15) is 0 Å². The number of nitrogens with zero attached hydrogens (tertiary/aromatic N) is 4. The van der Waals surface area contributed by atoms with Gasteiger partial charge in [0.15, 0.2) is 0 Å². The lowest BCUT2D eigenvalue weighted by atomic mass is 9.83. The third-order valence-corrected chi connectivity index (χ3v) is 9.61. The van der Waals surface area contributed by atoms with Gasteiger partial charge >= 0.3 is 0 Å². The van der Waals surface area contributed by atoms with Crippen LogP contribution in [-0.2, 0) is 5.41 Å². The first-order valence-corrected chi connectivity index (χ1v) is 18.0. The zero-order chi connectivity index (χ0) is 36.0. The second kappa shape index (κ2) is 14.8. The monoisotopic (exact) mass is 684 g/mol. The Morgan fingerprint density at radius 3 is 0.868 bits per heavy atom. The number of benzene rings is 6. The van der Waals surface area contributed by atoms with Gasteiger partial charge in [0.25, 0.3) is 0 Å². The van der Waals surface area contributed by atoms with Crippen LogP contribution in [-0.4, -0.2) is 9.97 Å². The van der Waals surface area contributed by atoms with Crippen LogP contribution in [0.1, 0.15) is 25.2 Å². The van der Waals surface area contributed by atoms with Crippen LogP contribution in [0.2, 0.25) is 0 Å². The maximum atomic E-state index is 5.43. The van der Waals surface area contributed by atoms with E-state index in [1.165, 1.54) is 0 Å². The van der Waals surface area contributed by atoms with Crippen molar-refractivity contribution in [2.75, 3.05) is 9.80 Å². The van der Waals surface area contributed by atoms with E-state index >= 15 is 0 Å². The van der Waals surface area contributed by atoms with Gasteiger partial charge in [0.2, 0.25) is 0 Å². The molecule has 8 aromatic rings. The fourth-order valence-corrected chi connectivity index (χ4v) is 6.78. The molecule has 0 atom stereocenters. The zero-order valence-corrected chi connectivity index (χ0v) is 29.9. The molecule has 0 N–H and O–H groups in total. The second-order valence-corrected chi connectivity index (χ2v) is 13.6. The fraction of sp³-hybridized carbons (Fsp3) is 0.0612. The summed E-state index contributed by atoms with van der Waals surface area (Å²) in [7, 11) is 0. The van der Waals surface area contributed by atoms with Crippen LogP contribution in [0.5, 0.6) is 0 Å². The third-order valence-electron chi connectivity index (χ3n) is 9.61. The van der Waals surface area contributed by atoms with Crippen LogP contribution in [0.25, 0.3) is 22.5 Å². The summed E-state index contributed by atoms with van der Waals surface area (Å²) in [4.78, 5) is 15.5. The molecule has 0 aliphatic rings. The number of pyridine rings is 2. The van der Waals surface area contributed by atoms with Crippen molar-refractivity contribution in [1.29, 1.82) is 0 Å². The first-order chi connectivity index (χ1) is 26.0. The highest BCUT2D eigenvalue weighted by molar-refractivity contribution is 5.81. The summed E-state index contributed by atoms with van der Waals surface area (Å²) in [5, 5.41) is 0. The Morgan fingerprint density at radius 2 is 0.585 bits per heavy atom. The standard InChI is InChI=1S/C49H40N4/c1-49(2,47-35-43(33-45(50-47)37-21-9-3-10-22-37)52(39-25-13-5-14-26-39)40-27-15-6-16-28-40)48-36-44(34-46(51-48)38-23-11-4-12-24-38)53(41-29-17-7-18-30-41)42-31-19-8-20-32-42/h3-36H,1-2H3. The molecule has 0 radical (unpaired) electrons. The second-order valence-electron chi connectivity index (χ2n) is 13.6. The lowest BCUT2D eigenvalue weighted by Crippen LogP contribution is -2.24. The molecule has 4 nitrogen and oxygen atoms in total. The smallest absolute Gasteiger partial charge is 0.0726 e. The van der Waals surface area contributed by atoms with E-state index < -0.39 is 5.41 Å². The number of hydrogen-bond acceptors (Lipinski definition) is 4. The molecule has 256 valence electrons. The summed E-state index contributed by atoms with van der Waals surface area (Å²) >= 11 is 0. The third kappa shape index (κ3) is 7.08. The Kier molecular flexibility index (Phi) is 9.34. The molecule has 53 heavy (non-hydrogen) atoms. The van der Waals surface area contributed by atoms with Crippen molar-refractivity contribution >= 4 is 34.1 Å². The number of rotatable bonds is 10. The summed E-state index contributed by atoms with van der Waals surface area (Å²) in [5.74, 6) is 0. The Labute approximate surface area is 312 Å². The van der Waals surface area contributed by atoms with E-state index in [9.17, 15) is 0 Å². The number of aromatic nitrogens is 2. The molecule has 0 aliphatic carbocycles. The SMILES string of the molecule is CC(C)(c1cc(N(c2ccccc2)c2ccccc2)cc(-c2ccccc2)n1)c1cc(N(c2ccccc2)c2ccccc2)cc(-c2ccccc2)n1. The molecule has 0 spiro atoms. The molecule has 4 heteroatoms. The summed E-state index contributed by atoms with van der Waals surface area (Å²) in [6.45, 7) is 4.47. The highest BCUT2D eigenvalue weighted by Gasteiger charge is 2.31. The van der Waals surface area contributed by atoms with E-state index in [4.69, 9.17) is 9.97 Å². The predicted molar refractivity (Wildman–Crippen MR) is 221 cm³/mol. The minimum absolute atomic E-state index is 0.614. The van der Waals surface area contributed by atoms with E-state index in [-0.39, 0.29) is 0 Å². The Balaban J connectivity index is 1.36. The molecule has 2 heterocycles. The van der Waals surface area contributed by atoms with E-state index in [2.05, 4.69) is 218 Å². The molecule has 0 unspecified atom stereocenters. The Bertz CT molecular complexity index is 2150. The van der Waals surface area contributed by atoms with Crippen molar-refractivity contribution in [1.82, 2.24) is 9.97 Å². The topological polar surface area (TPSA) is 32.3 Å². The van der Waals surface area contributed by atoms with Gasteiger partial charge in [0, 0.05) is 39.3 Å². The first kappa shape index (κ1) is 33.4. The van der Waals surface area contributed by atoms with Gasteiger partial charge in [-0.15, -0.1) is 0 Å². The number of para-hydroxylation sites is 4. The average Bonchev–Trinajstić information content (AvgIpc) is 3.23. The van der Waals surface area contributed by atoms with Crippen molar-refractivity contribution in [3.63, 3.8) is 0 Å². The van der Waals surface area contributed by atoms with Gasteiger partial charge in [0.05, 0.1) is 34.2 Å². The minimum Gasteiger partial charge on any atom is -0.310 e. The fourth-order valence-electron chi connectivity index (χ4n) is 6.78. The highest BCUT2D eigenvalue weighted by Crippen LogP contribution is 2.42. The Morgan fingerprint density at radius 1 is 0.321 bits per heavy atom. The van der Waals surface area contributed by atoms with E-state index in [1.54, 1.807) is 0 Å². The molecule has 0 saturated carbocycles. The number of hydrogen-bond donors (Lipinski definition) is 0. The Hall–Kier alpha value is -6.78. The van der Waals surface area contributed by atoms with Gasteiger partial charge in [-0.2, -0.15) is 0 Å². The molecule has 0 fully saturated rings. The highest BCUT2D eigenvalue weighted by atomic mass is 15.2. The zero-order valence-electron chi connectivity index (χ0n) is 29.9. The van der Waals surface area contributed by atoms with Crippen LogP contribution >= 0.6 is 0 Å². The van der Waals surface area contributed by atoms with Gasteiger partial charge in [-0.05, 0) is 86.6 Å². The van der Waals surface area contributed by atoms with Gasteiger partial charge in [-0.3, -0.25) is 9.97 Å². The largest absolute Gasteiger partial charge is 0.310 e. The summed E-state index contributed by atoms with van der Waals surface area (Å²) < 4.78 is 0. The van der Waals surface area contributed by atoms with Gasteiger partial charge in [-0.1, -0.05) is 133 Å². The maximum Gasteiger partial charge on any atom is 0.0726 e. The van der Waals surface area contributed by atoms with Crippen molar-refractivity contribution in [3.8, 4) is 22.5 Å². The minimum atomic E-state index is -0.614. The summed E-state index contributed by atoms with van der Waals surface area (Å²) in [5.41, 5.74) is 11.5. The molecule has 0 saturated heterocycles. The van der Waals surface area contributed by atoms with Crippen molar-refractivity contribution in [2.24, 2.45) is 0 Å². The maximum absolute atomic E-state index is 5.43. The van der Waals surface area contributed by atoms with Crippen LogP contribution in [0.3, 0.4) is 0 Å². The normalized spacial score (nSPS) is 11.2. The summed E-state index contributed by atoms with van der Waals surface area (Å²) in [6, 6.07) is 71.8. The van der Waals surface area contributed by atoms with Gasteiger partial charge in [-0.25, -0.2) is 0 Å². The van der Waals surface area contributed by atoms with Crippen molar-refractivity contribution in [2.45, 2.75) is 19.3 Å². The quantitative estimate of drug-likeness (QED) is 0.144. The van der Waals surface area contributed by atoms with Crippen molar-refractivity contribution in [3.05, 3.63) is 218 Å². The predicted octanol–water partition coefficient (Wildman–Crippen LogP) is 13.1. The van der Waals surface area contributed by atoms with Crippen LogP contribution in [0.4, 0.5) is 34.1 Å². The summed E-state index contributed by atoms with van der Waals surface area (Å²) in [6.07, 6.45) is 0. The van der Waals surface area contributed by atoms with E-state index in [1.807, 2.05) is 12.1 Å². The molecule has 0 amide bonds. The molecular formula is C49H40N4. The molecule has 0 aliphatic heterocycles. The molecule has 0 bridgehead atoms. The van der Waals surface area contributed by atoms with E-state index in [0.29, 0.717) is 0 Å². The molecular weight excluding hydrogens is 645 g/mol. The first-order valence-electron chi connectivity index (χ1n) is 18.0. The van der Waals surface area contributed by atoms with Crippen LogP contribution in [0.15, 0.2) is 206 Å². The van der Waals surface area contributed by atoms with Crippen molar-refractivity contribution < 1.29 is 0 Å². The molecule has 6 aromatic carbocycles. The molecule has 2 aromatic heterocycles. The van der Waals surface area contributed by atoms with E-state index in [0.717, 1.165) is 68.0 Å². The number of anilines is 6. The lowest BCUT2D eigenvalue weighted by molar-refractivity contribution is 0.597. The molecule has 8 rings (SSSR count). The van der Waals surface area contributed by atoms with Crippen LogP contribution < -0.4 is 9.80 Å².